The van der Waals surface area contributed by atoms with Crippen LogP contribution < -0.4 is 14.8 Å². The van der Waals surface area contributed by atoms with Gasteiger partial charge in [-0.1, -0.05) is 25.6 Å². The number of hydrogen-bond donors (Lipinski definition) is 1. The molecule has 0 saturated carbocycles. The molecule has 0 aliphatic carbocycles. The zero-order valence-electron chi connectivity index (χ0n) is 17.4. The Morgan fingerprint density at radius 2 is 1.93 bits per heavy atom. The van der Waals surface area contributed by atoms with E-state index in [0.717, 1.165) is 23.9 Å². The molecule has 3 aromatic rings. The van der Waals surface area contributed by atoms with Crippen LogP contribution in [0.4, 0.5) is 5.13 Å². The van der Waals surface area contributed by atoms with E-state index in [4.69, 9.17) is 9.47 Å². The summed E-state index contributed by atoms with van der Waals surface area (Å²) in [5.74, 6) is 2.70. The number of nitrogens with one attached hydrogen (secondary N) is 1. The maximum absolute atomic E-state index is 12.2. The van der Waals surface area contributed by atoms with Crippen LogP contribution >= 0.6 is 23.1 Å². The monoisotopic (exact) mass is 447 g/mol. The normalized spacial score (nSPS) is 12.0. The van der Waals surface area contributed by atoms with Gasteiger partial charge in [0.05, 0.1) is 12.9 Å². The molecule has 30 heavy (non-hydrogen) atoms. The predicted molar refractivity (Wildman–Crippen MR) is 118 cm³/mol. The molecule has 0 bridgehead atoms. The van der Waals surface area contributed by atoms with E-state index < -0.39 is 0 Å². The van der Waals surface area contributed by atoms with Gasteiger partial charge in [-0.15, -0.1) is 21.5 Å². The SMILES string of the molecule is COc1ccc(OC(C)c2nnc(SCC(=O)Nc3nccs3)n2CC(C)C)cc1. The first-order valence-electron chi connectivity index (χ1n) is 9.52. The molecule has 1 aromatic carbocycles. The number of methoxy groups -OCH3 is 1. The van der Waals surface area contributed by atoms with Crippen LogP contribution in [0.25, 0.3) is 0 Å². The van der Waals surface area contributed by atoms with Gasteiger partial charge >= 0.3 is 0 Å². The van der Waals surface area contributed by atoms with E-state index in [-0.39, 0.29) is 17.8 Å². The van der Waals surface area contributed by atoms with Gasteiger partial charge in [0.15, 0.2) is 22.2 Å². The molecule has 1 N–H and O–H groups in total. The topological polar surface area (TPSA) is 91.2 Å². The van der Waals surface area contributed by atoms with Crippen molar-refractivity contribution in [2.45, 2.75) is 38.6 Å². The summed E-state index contributed by atoms with van der Waals surface area (Å²) >= 11 is 2.74. The highest BCUT2D eigenvalue weighted by Crippen LogP contribution is 2.27. The lowest BCUT2D eigenvalue weighted by Crippen LogP contribution is -2.17. The summed E-state index contributed by atoms with van der Waals surface area (Å²) in [4.78, 5) is 16.3. The number of ether oxygens (including phenoxy) is 2. The molecule has 2 heterocycles. The Bertz CT molecular complexity index is 942. The Morgan fingerprint density at radius 1 is 1.20 bits per heavy atom. The Hall–Kier alpha value is -2.59. The molecule has 1 unspecified atom stereocenters. The second kappa shape index (κ2) is 10.4. The third-order valence-corrected chi connectivity index (χ3v) is 5.70. The number of rotatable bonds is 10. The minimum absolute atomic E-state index is 0.127. The second-order valence-corrected chi connectivity index (χ2v) is 8.79. The summed E-state index contributed by atoms with van der Waals surface area (Å²) in [5.41, 5.74) is 0. The van der Waals surface area contributed by atoms with Gasteiger partial charge in [-0.25, -0.2) is 4.98 Å². The Labute approximate surface area is 184 Å². The summed E-state index contributed by atoms with van der Waals surface area (Å²) < 4.78 is 13.3. The average molecular weight is 448 g/mol. The summed E-state index contributed by atoms with van der Waals surface area (Å²) in [6, 6.07) is 7.42. The summed E-state index contributed by atoms with van der Waals surface area (Å²) in [7, 11) is 1.63. The van der Waals surface area contributed by atoms with Crippen LogP contribution in [0, 0.1) is 5.92 Å². The Balaban J connectivity index is 1.69. The number of aromatic nitrogens is 4. The number of carbonyl (C=O) groups excluding carboxylic acids is 1. The molecule has 0 aliphatic heterocycles. The maximum Gasteiger partial charge on any atom is 0.236 e. The van der Waals surface area contributed by atoms with Gasteiger partial charge in [-0.05, 0) is 37.1 Å². The molecule has 0 fully saturated rings. The fraction of sp³-hybridized carbons (Fsp3) is 0.400. The highest BCUT2D eigenvalue weighted by Gasteiger charge is 2.21. The average Bonchev–Trinajstić information content (AvgIpc) is 3.36. The molecule has 0 spiro atoms. The lowest BCUT2D eigenvalue weighted by molar-refractivity contribution is -0.113. The zero-order chi connectivity index (χ0) is 21.5. The van der Waals surface area contributed by atoms with Crippen LogP contribution in [0.5, 0.6) is 11.5 Å². The molecule has 10 heteroatoms. The summed E-state index contributed by atoms with van der Waals surface area (Å²) in [6.45, 7) is 6.93. The standard InChI is InChI=1S/C20H25N5O3S2/c1-13(2)11-25-18(14(3)28-16-7-5-15(27-4)6-8-16)23-24-20(25)30-12-17(26)22-19-21-9-10-29-19/h5-10,13-14H,11-12H2,1-4H3,(H,21,22,26). The van der Waals surface area contributed by atoms with Gasteiger partial charge < -0.3 is 19.4 Å². The van der Waals surface area contributed by atoms with E-state index in [1.165, 1.54) is 23.1 Å². The first-order chi connectivity index (χ1) is 14.5. The van der Waals surface area contributed by atoms with Gasteiger partial charge in [-0.2, -0.15) is 0 Å². The predicted octanol–water partition coefficient (Wildman–Crippen LogP) is 4.27. The highest BCUT2D eigenvalue weighted by atomic mass is 32.2. The van der Waals surface area contributed by atoms with Crippen molar-refractivity contribution < 1.29 is 14.3 Å². The number of carbonyl (C=O) groups is 1. The van der Waals surface area contributed by atoms with Crippen molar-refractivity contribution in [3.63, 3.8) is 0 Å². The molecular weight excluding hydrogens is 422 g/mol. The van der Waals surface area contributed by atoms with Crippen molar-refractivity contribution >= 4 is 34.1 Å². The van der Waals surface area contributed by atoms with Gasteiger partial charge in [0.1, 0.15) is 11.5 Å². The number of hydrogen-bond acceptors (Lipinski definition) is 8. The fourth-order valence-corrected chi connectivity index (χ4v) is 4.03. The van der Waals surface area contributed by atoms with Crippen molar-refractivity contribution in [1.29, 1.82) is 0 Å². The minimum Gasteiger partial charge on any atom is -0.497 e. The molecular formula is C20H25N5O3S2. The molecule has 0 saturated heterocycles. The van der Waals surface area contributed by atoms with Crippen LogP contribution in [0.3, 0.4) is 0 Å². The highest BCUT2D eigenvalue weighted by molar-refractivity contribution is 7.99. The number of benzene rings is 1. The number of amides is 1. The van der Waals surface area contributed by atoms with Gasteiger partial charge in [0.2, 0.25) is 5.91 Å². The Kier molecular flexibility index (Phi) is 7.69. The number of nitrogens with zero attached hydrogens (tertiary/aromatic N) is 4. The molecule has 8 nitrogen and oxygen atoms in total. The van der Waals surface area contributed by atoms with E-state index in [9.17, 15) is 4.79 Å². The molecule has 2 aromatic heterocycles. The number of anilines is 1. The second-order valence-electron chi connectivity index (χ2n) is 6.95. The van der Waals surface area contributed by atoms with E-state index in [1.54, 1.807) is 13.3 Å². The molecule has 0 aliphatic rings. The van der Waals surface area contributed by atoms with Crippen molar-refractivity contribution in [3.05, 3.63) is 41.7 Å². The number of thiazole rings is 1. The third-order valence-electron chi connectivity index (χ3n) is 4.04. The van der Waals surface area contributed by atoms with Crippen molar-refractivity contribution in [2.75, 3.05) is 18.2 Å². The van der Waals surface area contributed by atoms with Crippen LogP contribution in [0.15, 0.2) is 41.0 Å². The van der Waals surface area contributed by atoms with Crippen LogP contribution in [-0.4, -0.2) is 38.5 Å². The minimum atomic E-state index is -0.303. The van der Waals surface area contributed by atoms with Crippen LogP contribution in [0.1, 0.15) is 32.7 Å². The van der Waals surface area contributed by atoms with E-state index in [1.807, 2.05) is 41.1 Å². The van der Waals surface area contributed by atoms with Crippen LogP contribution in [0.2, 0.25) is 0 Å². The summed E-state index contributed by atoms with van der Waals surface area (Å²) in [5, 5.41) is 14.5. The molecule has 1 amide bonds. The first-order valence-corrected chi connectivity index (χ1v) is 11.4. The number of thioether (sulfide) groups is 1. The lowest BCUT2D eigenvalue weighted by Gasteiger charge is -2.18. The molecule has 160 valence electrons. The smallest absolute Gasteiger partial charge is 0.236 e. The first kappa shape index (κ1) is 22.1. The zero-order valence-corrected chi connectivity index (χ0v) is 19.0. The van der Waals surface area contributed by atoms with E-state index in [0.29, 0.717) is 16.2 Å². The largest absolute Gasteiger partial charge is 0.497 e. The van der Waals surface area contributed by atoms with E-state index in [2.05, 4.69) is 34.3 Å². The quantitative estimate of drug-likeness (QED) is 0.464. The van der Waals surface area contributed by atoms with Crippen molar-refractivity contribution in [2.24, 2.45) is 5.92 Å². The summed E-state index contributed by atoms with van der Waals surface area (Å²) in [6.07, 6.45) is 1.35. The van der Waals surface area contributed by atoms with Gasteiger partial charge in [-0.3, -0.25) is 4.79 Å². The molecule has 0 radical (unpaired) electrons. The molecule has 3 rings (SSSR count). The van der Waals surface area contributed by atoms with E-state index >= 15 is 0 Å². The Morgan fingerprint density at radius 3 is 2.57 bits per heavy atom. The van der Waals surface area contributed by atoms with Gasteiger partial charge in [0.25, 0.3) is 0 Å². The lowest BCUT2D eigenvalue weighted by atomic mass is 10.2. The third kappa shape index (κ3) is 5.96. The maximum atomic E-state index is 12.2. The molecule has 1 atom stereocenters. The fourth-order valence-electron chi connectivity index (χ4n) is 2.73. The van der Waals surface area contributed by atoms with Crippen LogP contribution in [-0.2, 0) is 11.3 Å². The van der Waals surface area contributed by atoms with Crippen molar-refractivity contribution in [1.82, 2.24) is 19.7 Å². The van der Waals surface area contributed by atoms with Crippen molar-refractivity contribution in [3.8, 4) is 11.5 Å². The van der Waals surface area contributed by atoms with Gasteiger partial charge in [0, 0.05) is 18.1 Å².